The average molecular weight is 287 g/mol. The number of hydrogen-bond acceptors (Lipinski definition) is 3. The van der Waals surface area contributed by atoms with Gasteiger partial charge in [-0.1, -0.05) is 34.1 Å². The van der Waals surface area contributed by atoms with Crippen LogP contribution in [0.4, 0.5) is 0 Å². The standard InChI is InChI=1S/C12H15BrO3/c13-10-4-2-1-3-9(10)7-11(14)12-8-15-5-6-16-12/h1-4,11-12,14H,5-8H2. The molecule has 1 aromatic rings. The molecule has 0 spiro atoms. The summed E-state index contributed by atoms with van der Waals surface area (Å²) in [7, 11) is 0. The maximum atomic E-state index is 10.0. The van der Waals surface area contributed by atoms with Crippen molar-refractivity contribution in [2.75, 3.05) is 19.8 Å². The fraction of sp³-hybridized carbons (Fsp3) is 0.500. The molecule has 0 aromatic heterocycles. The summed E-state index contributed by atoms with van der Waals surface area (Å²) in [4.78, 5) is 0. The second-order valence-corrected chi connectivity index (χ2v) is 4.70. The maximum Gasteiger partial charge on any atom is 0.107 e. The second kappa shape index (κ2) is 5.77. The second-order valence-electron chi connectivity index (χ2n) is 3.85. The van der Waals surface area contributed by atoms with Gasteiger partial charge in [0, 0.05) is 10.9 Å². The first-order valence-corrected chi connectivity index (χ1v) is 6.17. The van der Waals surface area contributed by atoms with Crippen molar-refractivity contribution in [3.63, 3.8) is 0 Å². The van der Waals surface area contributed by atoms with E-state index in [-0.39, 0.29) is 6.10 Å². The Hall–Kier alpha value is -0.420. The van der Waals surface area contributed by atoms with E-state index in [1.165, 1.54) is 0 Å². The smallest absolute Gasteiger partial charge is 0.107 e. The predicted molar refractivity (Wildman–Crippen MR) is 64.4 cm³/mol. The summed E-state index contributed by atoms with van der Waals surface area (Å²) < 4.78 is 11.8. The highest BCUT2D eigenvalue weighted by molar-refractivity contribution is 9.10. The van der Waals surface area contributed by atoms with E-state index in [1.54, 1.807) is 0 Å². The first-order chi connectivity index (χ1) is 7.77. The molecule has 0 saturated carbocycles. The molecule has 1 fully saturated rings. The molecule has 0 bridgehead atoms. The molecule has 1 N–H and O–H groups in total. The van der Waals surface area contributed by atoms with Crippen LogP contribution >= 0.6 is 15.9 Å². The monoisotopic (exact) mass is 286 g/mol. The summed E-state index contributed by atoms with van der Waals surface area (Å²) in [5.74, 6) is 0. The number of hydrogen-bond donors (Lipinski definition) is 1. The van der Waals surface area contributed by atoms with Crippen LogP contribution in [0.25, 0.3) is 0 Å². The summed E-state index contributed by atoms with van der Waals surface area (Å²) in [6, 6.07) is 7.89. The highest BCUT2D eigenvalue weighted by atomic mass is 79.9. The molecule has 2 rings (SSSR count). The number of halogens is 1. The van der Waals surface area contributed by atoms with E-state index in [4.69, 9.17) is 9.47 Å². The van der Waals surface area contributed by atoms with Gasteiger partial charge in [0.2, 0.25) is 0 Å². The van der Waals surface area contributed by atoms with Crippen molar-refractivity contribution in [2.24, 2.45) is 0 Å². The number of rotatable bonds is 3. The molecule has 1 saturated heterocycles. The first kappa shape index (κ1) is 12.0. The van der Waals surface area contributed by atoms with E-state index in [1.807, 2.05) is 24.3 Å². The largest absolute Gasteiger partial charge is 0.390 e. The van der Waals surface area contributed by atoms with E-state index in [0.717, 1.165) is 10.0 Å². The molecule has 1 heterocycles. The molecule has 0 aliphatic carbocycles. The molecule has 88 valence electrons. The molecule has 4 heteroatoms. The first-order valence-electron chi connectivity index (χ1n) is 5.38. The van der Waals surface area contributed by atoms with Crippen LogP contribution in [0.15, 0.2) is 28.7 Å². The molecule has 0 radical (unpaired) electrons. The van der Waals surface area contributed by atoms with E-state index >= 15 is 0 Å². The third kappa shape index (κ3) is 3.04. The van der Waals surface area contributed by atoms with Crippen molar-refractivity contribution in [2.45, 2.75) is 18.6 Å². The van der Waals surface area contributed by atoms with Crippen LogP contribution in [0.1, 0.15) is 5.56 Å². The fourth-order valence-electron chi connectivity index (χ4n) is 1.75. The van der Waals surface area contributed by atoms with Crippen LogP contribution in [0.2, 0.25) is 0 Å². The van der Waals surface area contributed by atoms with Crippen molar-refractivity contribution in [3.05, 3.63) is 34.3 Å². The van der Waals surface area contributed by atoms with Crippen LogP contribution in [-0.2, 0) is 15.9 Å². The lowest BCUT2D eigenvalue weighted by Gasteiger charge is -2.27. The predicted octanol–water partition coefficient (Wildman–Crippen LogP) is 1.77. The van der Waals surface area contributed by atoms with Crippen molar-refractivity contribution in [1.82, 2.24) is 0 Å². The Morgan fingerprint density at radius 3 is 2.88 bits per heavy atom. The van der Waals surface area contributed by atoms with Crippen LogP contribution in [0.3, 0.4) is 0 Å². The van der Waals surface area contributed by atoms with Gasteiger partial charge in [0.25, 0.3) is 0 Å². The third-order valence-corrected chi connectivity index (χ3v) is 3.43. The van der Waals surface area contributed by atoms with Crippen molar-refractivity contribution in [1.29, 1.82) is 0 Å². The molecule has 0 amide bonds. The van der Waals surface area contributed by atoms with Gasteiger partial charge in [-0.05, 0) is 11.6 Å². The Balaban J connectivity index is 1.96. The van der Waals surface area contributed by atoms with E-state index in [0.29, 0.717) is 26.2 Å². The zero-order valence-corrected chi connectivity index (χ0v) is 10.5. The number of aliphatic hydroxyl groups excluding tert-OH is 1. The number of benzene rings is 1. The van der Waals surface area contributed by atoms with E-state index < -0.39 is 6.10 Å². The van der Waals surface area contributed by atoms with Gasteiger partial charge in [-0.2, -0.15) is 0 Å². The van der Waals surface area contributed by atoms with Crippen molar-refractivity contribution < 1.29 is 14.6 Å². The minimum Gasteiger partial charge on any atom is -0.390 e. The lowest BCUT2D eigenvalue weighted by atomic mass is 10.0. The van der Waals surface area contributed by atoms with Crippen molar-refractivity contribution in [3.8, 4) is 0 Å². The summed E-state index contributed by atoms with van der Waals surface area (Å²) in [6.07, 6.45) is -0.144. The Bertz CT molecular complexity index is 337. The summed E-state index contributed by atoms with van der Waals surface area (Å²) in [5, 5.41) is 10.0. The molecule has 2 unspecified atom stereocenters. The highest BCUT2D eigenvalue weighted by Gasteiger charge is 2.23. The normalized spacial score (nSPS) is 23.0. The minimum atomic E-state index is -0.515. The van der Waals surface area contributed by atoms with Gasteiger partial charge < -0.3 is 14.6 Å². The third-order valence-electron chi connectivity index (χ3n) is 2.66. The van der Waals surface area contributed by atoms with Crippen LogP contribution < -0.4 is 0 Å². The van der Waals surface area contributed by atoms with Crippen LogP contribution in [0, 0.1) is 0 Å². The topological polar surface area (TPSA) is 38.7 Å². The zero-order chi connectivity index (χ0) is 11.4. The lowest BCUT2D eigenvalue weighted by molar-refractivity contribution is -0.131. The van der Waals surface area contributed by atoms with Crippen LogP contribution in [0.5, 0.6) is 0 Å². The van der Waals surface area contributed by atoms with Gasteiger partial charge in [0.15, 0.2) is 0 Å². The van der Waals surface area contributed by atoms with Gasteiger partial charge in [0.1, 0.15) is 6.10 Å². The fourth-order valence-corrected chi connectivity index (χ4v) is 2.20. The molecule has 2 atom stereocenters. The molecular formula is C12H15BrO3. The minimum absolute atomic E-state index is 0.208. The Morgan fingerprint density at radius 2 is 2.19 bits per heavy atom. The molecule has 3 nitrogen and oxygen atoms in total. The van der Waals surface area contributed by atoms with Gasteiger partial charge in [-0.25, -0.2) is 0 Å². The van der Waals surface area contributed by atoms with E-state index in [2.05, 4.69) is 15.9 Å². The summed E-state index contributed by atoms with van der Waals surface area (Å²) >= 11 is 3.47. The quantitative estimate of drug-likeness (QED) is 0.921. The Kier molecular flexibility index (Phi) is 4.35. The number of aliphatic hydroxyl groups is 1. The SMILES string of the molecule is OC(Cc1ccccc1Br)C1COCCO1. The van der Waals surface area contributed by atoms with Gasteiger partial charge in [-0.3, -0.25) is 0 Å². The van der Waals surface area contributed by atoms with Gasteiger partial charge in [0.05, 0.1) is 25.9 Å². The molecule has 1 aliphatic heterocycles. The summed E-state index contributed by atoms with van der Waals surface area (Å²) in [6.45, 7) is 1.67. The van der Waals surface area contributed by atoms with Crippen molar-refractivity contribution >= 4 is 15.9 Å². The maximum absolute atomic E-state index is 10.0. The van der Waals surface area contributed by atoms with Gasteiger partial charge >= 0.3 is 0 Å². The van der Waals surface area contributed by atoms with E-state index in [9.17, 15) is 5.11 Å². The Labute approximate surface area is 104 Å². The lowest BCUT2D eigenvalue weighted by Crippen LogP contribution is -2.39. The van der Waals surface area contributed by atoms with Crippen LogP contribution in [-0.4, -0.2) is 37.1 Å². The highest BCUT2D eigenvalue weighted by Crippen LogP contribution is 2.19. The number of ether oxygens (including phenoxy) is 2. The molecule has 1 aliphatic rings. The molecular weight excluding hydrogens is 272 g/mol. The molecule has 1 aromatic carbocycles. The zero-order valence-electron chi connectivity index (χ0n) is 8.93. The van der Waals surface area contributed by atoms with Gasteiger partial charge in [-0.15, -0.1) is 0 Å². The Morgan fingerprint density at radius 1 is 1.38 bits per heavy atom. The summed E-state index contributed by atoms with van der Waals surface area (Å²) in [5.41, 5.74) is 1.09. The average Bonchev–Trinajstić information content (AvgIpc) is 2.33. The molecule has 16 heavy (non-hydrogen) atoms.